The van der Waals surface area contributed by atoms with E-state index in [0.29, 0.717) is 30.9 Å². The lowest BCUT2D eigenvalue weighted by Gasteiger charge is -2.31. The molecule has 0 aromatic heterocycles. The zero-order chi connectivity index (χ0) is 18.4. The SMILES string of the molecule is CCOCCC(=O)c1ccc(N=CC2C(=O)OC(C)(C)OC2=O)cc1. The average Bonchev–Trinajstić information content (AvgIpc) is 2.53. The molecule has 134 valence electrons. The van der Waals surface area contributed by atoms with Crippen molar-refractivity contribution in [2.45, 2.75) is 33.0 Å². The molecule has 0 atom stereocenters. The number of aliphatic imine (C=N–C) groups is 1. The molecular formula is C18H21NO6. The maximum atomic E-state index is 11.9. The highest BCUT2D eigenvalue weighted by atomic mass is 16.7. The van der Waals surface area contributed by atoms with E-state index in [9.17, 15) is 14.4 Å². The number of rotatable bonds is 7. The van der Waals surface area contributed by atoms with Crippen LogP contribution in [-0.2, 0) is 23.8 Å². The Bertz CT molecular complexity index is 657. The van der Waals surface area contributed by atoms with Gasteiger partial charge in [-0.3, -0.25) is 19.4 Å². The first-order chi connectivity index (χ1) is 11.8. The fourth-order valence-electron chi connectivity index (χ4n) is 2.20. The van der Waals surface area contributed by atoms with Crippen LogP contribution in [0.15, 0.2) is 29.3 Å². The van der Waals surface area contributed by atoms with Crippen molar-refractivity contribution in [3.8, 4) is 0 Å². The van der Waals surface area contributed by atoms with E-state index in [-0.39, 0.29) is 5.78 Å². The Morgan fingerprint density at radius 3 is 2.36 bits per heavy atom. The van der Waals surface area contributed by atoms with Gasteiger partial charge in [-0.2, -0.15) is 0 Å². The normalized spacial score (nSPS) is 17.4. The van der Waals surface area contributed by atoms with Crippen LogP contribution in [0.5, 0.6) is 0 Å². The third kappa shape index (κ3) is 5.22. The molecule has 1 aliphatic rings. The summed E-state index contributed by atoms with van der Waals surface area (Å²) >= 11 is 0. The molecule has 2 rings (SSSR count). The van der Waals surface area contributed by atoms with Gasteiger partial charge >= 0.3 is 11.9 Å². The molecule has 1 saturated heterocycles. The molecular weight excluding hydrogens is 326 g/mol. The van der Waals surface area contributed by atoms with Gasteiger partial charge in [0, 0.05) is 38.7 Å². The van der Waals surface area contributed by atoms with Gasteiger partial charge in [0.05, 0.1) is 12.3 Å². The van der Waals surface area contributed by atoms with Crippen molar-refractivity contribution in [2.24, 2.45) is 10.9 Å². The molecule has 7 nitrogen and oxygen atoms in total. The van der Waals surface area contributed by atoms with Crippen molar-refractivity contribution in [1.82, 2.24) is 0 Å². The lowest BCUT2D eigenvalue weighted by molar-refractivity contribution is -0.235. The van der Waals surface area contributed by atoms with Crippen LogP contribution >= 0.6 is 0 Å². The molecule has 25 heavy (non-hydrogen) atoms. The second-order valence-corrected chi connectivity index (χ2v) is 5.91. The Kier molecular flexibility index (Phi) is 6.03. The summed E-state index contributed by atoms with van der Waals surface area (Å²) in [5, 5.41) is 0. The Morgan fingerprint density at radius 1 is 1.20 bits per heavy atom. The van der Waals surface area contributed by atoms with Crippen LogP contribution in [0, 0.1) is 5.92 Å². The first-order valence-electron chi connectivity index (χ1n) is 8.03. The van der Waals surface area contributed by atoms with E-state index in [4.69, 9.17) is 14.2 Å². The standard InChI is InChI=1S/C18H21NO6/c1-4-23-10-9-15(20)12-5-7-13(8-6-12)19-11-14-16(21)24-18(2,3)25-17(14)22/h5-8,11,14H,4,9-10H2,1-3H3. The van der Waals surface area contributed by atoms with Crippen molar-refractivity contribution in [3.63, 3.8) is 0 Å². The molecule has 0 spiro atoms. The minimum atomic E-state index is -1.26. The number of hydrogen-bond donors (Lipinski definition) is 0. The molecule has 0 aliphatic carbocycles. The predicted octanol–water partition coefficient (Wildman–Crippen LogP) is 2.45. The maximum absolute atomic E-state index is 11.9. The van der Waals surface area contributed by atoms with Gasteiger partial charge in [-0.15, -0.1) is 0 Å². The van der Waals surface area contributed by atoms with Crippen LogP contribution in [0.2, 0.25) is 0 Å². The maximum Gasteiger partial charge on any atom is 0.329 e. The second kappa shape index (κ2) is 8.02. The van der Waals surface area contributed by atoms with Gasteiger partial charge in [-0.1, -0.05) is 0 Å². The van der Waals surface area contributed by atoms with Crippen LogP contribution in [-0.4, -0.2) is 42.9 Å². The van der Waals surface area contributed by atoms with Gasteiger partial charge in [-0.25, -0.2) is 0 Å². The molecule has 0 bridgehead atoms. The highest BCUT2D eigenvalue weighted by molar-refractivity contribution is 6.10. The van der Waals surface area contributed by atoms with Gasteiger partial charge < -0.3 is 14.2 Å². The molecule has 0 amide bonds. The third-order valence-electron chi connectivity index (χ3n) is 3.44. The lowest BCUT2D eigenvalue weighted by Crippen LogP contribution is -2.46. The van der Waals surface area contributed by atoms with Gasteiger partial charge in [0.15, 0.2) is 11.7 Å². The number of Topliss-reactive ketones (excluding diaryl/α,β-unsaturated/α-hetero) is 1. The van der Waals surface area contributed by atoms with Crippen LogP contribution < -0.4 is 0 Å². The quantitative estimate of drug-likeness (QED) is 0.247. The summed E-state index contributed by atoms with van der Waals surface area (Å²) in [5.41, 5.74) is 1.06. The number of carbonyl (C=O) groups excluding carboxylic acids is 3. The Morgan fingerprint density at radius 2 is 1.80 bits per heavy atom. The van der Waals surface area contributed by atoms with Crippen molar-refractivity contribution in [3.05, 3.63) is 29.8 Å². The van der Waals surface area contributed by atoms with Crippen LogP contribution in [0.25, 0.3) is 0 Å². The zero-order valence-electron chi connectivity index (χ0n) is 14.5. The van der Waals surface area contributed by atoms with Crippen LogP contribution in [0.1, 0.15) is 37.6 Å². The fourth-order valence-corrected chi connectivity index (χ4v) is 2.20. The molecule has 1 aromatic rings. The smallest absolute Gasteiger partial charge is 0.329 e. The lowest BCUT2D eigenvalue weighted by atomic mass is 10.1. The summed E-state index contributed by atoms with van der Waals surface area (Å²) in [4.78, 5) is 39.7. The molecule has 1 heterocycles. The molecule has 0 radical (unpaired) electrons. The predicted molar refractivity (Wildman–Crippen MR) is 89.8 cm³/mol. The van der Waals surface area contributed by atoms with Crippen LogP contribution in [0.3, 0.4) is 0 Å². The second-order valence-electron chi connectivity index (χ2n) is 5.91. The van der Waals surface area contributed by atoms with E-state index < -0.39 is 23.6 Å². The van der Waals surface area contributed by atoms with Crippen molar-refractivity contribution in [2.75, 3.05) is 13.2 Å². The molecule has 1 aromatic carbocycles. The van der Waals surface area contributed by atoms with Crippen LogP contribution in [0.4, 0.5) is 5.69 Å². The van der Waals surface area contributed by atoms with Gasteiger partial charge in [0.2, 0.25) is 0 Å². The monoisotopic (exact) mass is 347 g/mol. The zero-order valence-corrected chi connectivity index (χ0v) is 14.5. The highest BCUT2D eigenvalue weighted by Gasteiger charge is 2.42. The Balaban J connectivity index is 1.99. The number of carbonyl (C=O) groups is 3. The number of ketones is 1. The number of nitrogens with zero attached hydrogens (tertiary/aromatic N) is 1. The summed E-state index contributed by atoms with van der Waals surface area (Å²) < 4.78 is 15.2. The van der Waals surface area contributed by atoms with E-state index in [2.05, 4.69) is 4.99 Å². The largest absolute Gasteiger partial charge is 0.422 e. The van der Waals surface area contributed by atoms with E-state index >= 15 is 0 Å². The summed E-state index contributed by atoms with van der Waals surface area (Å²) in [6.07, 6.45) is 1.50. The van der Waals surface area contributed by atoms with Crippen molar-refractivity contribution < 1.29 is 28.6 Å². The van der Waals surface area contributed by atoms with Crippen molar-refractivity contribution in [1.29, 1.82) is 0 Å². The fraction of sp³-hybridized carbons (Fsp3) is 0.444. The third-order valence-corrected chi connectivity index (χ3v) is 3.44. The van der Waals surface area contributed by atoms with Gasteiger partial charge in [0.1, 0.15) is 0 Å². The molecule has 0 saturated carbocycles. The van der Waals surface area contributed by atoms with Gasteiger partial charge in [-0.05, 0) is 31.2 Å². The summed E-state index contributed by atoms with van der Waals surface area (Å²) in [5.74, 6) is -3.88. The number of ether oxygens (including phenoxy) is 3. The number of cyclic esters (lactones) is 2. The average molecular weight is 347 g/mol. The van der Waals surface area contributed by atoms with E-state index in [1.54, 1.807) is 24.3 Å². The van der Waals surface area contributed by atoms with Crippen molar-refractivity contribution >= 4 is 29.6 Å². The minimum absolute atomic E-state index is 0.0225. The number of esters is 2. The molecule has 1 aliphatic heterocycles. The minimum Gasteiger partial charge on any atom is -0.422 e. The summed E-state index contributed by atoms with van der Waals surface area (Å²) in [7, 11) is 0. The first-order valence-corrected chi connectivity index (χ1v) is 8.03. The van der Waals surface area contributed by atoms with E-state index in [1.807, 2.05) is 6.92 Å². The van der Waals surface area contributed by atoms with E-state index in [0.717, 1.165) is 0 Å². The Hall–Kier alpha value is -2.54. The Labute approximate surface area is 146 Å². The summed E-state index contributed by atoms with van der Waals surface area (Å²) in [6.45, 7) is 5.80. The molecule has 0 unspecified atom stereocenters. The van der Waals surface area contributed by atoms with Gasteiger partial charge in [0.25, 0.3) is 5.79 Å². The van der Waals surface area contributed by atoms with E-state index in [1.165, 1.54) is 20.1 Å². The molecule has 7 heteroatoms. The number of benzene rings is 1. The molecule has 1 fully saturated rings. The number of hydrogen-bond acceptors (Lipinski definition) is 7. The highest BCUT2D eigenvalue weighted by Crippen LogP contribution is 2.23. The first kappa shape index (κ1) is 18.8. The topological polar surface area (TPSA) is 91.3 Å². The molecule has 0 N–H and O–H groups in total. The summed E-state index contributed by atoms with van der Waals surface area (Å²) in [6, 6.07) is 6.55.